The fraction of sp³-hybridized carbons (Fsp3) is 0.133. The maximum absolute atomic E-state index is 12.9. The Morgan fingerprint density at radius 2 is 1.83 bits per heavy atom. The van der Waals surface area contributed by atoms with E-state index in [1.165, 1.54) is 35.9 Å². The summed E-state index contributed by atoms with van der Waals surface area (Å²) in [6.07, 6.45) is 0. The van der Waals surface area contributed by atoms with Crippen molar-refractivity contribution in [1.82, 2.24) is 4.57 Å². The van der Waals surface area contributed by atoms with Gasteiger partial charge in [-0.1, -0.05) is 0 Å². The first-order valence-corrected chi connectivity index (χ1v) is 8.15. The standard InChI is InChI=1S/C15H13FN2O4S/c1-9-7-13-12(18(2)15(19)22-13)8-14(9)23(20,21)17-11-5-3-10(16)4-6-11/h3-8,17H,1-2H3. The van der Waals surface area contributed by atoms with Crippen molar-refractivity contribution in [1.29, 1.82) is 0 Å². The SMILES string of the molecule is Cc1cc2oc(=O)n(C)c2cc1S(=O)(=O)Nc1ccc(F)cc1. The fourth-order valence-electron chi connectivity index (χ4n) is 2.27. The van der Waals surface area contributed by atoms with Gasteiger partial charge in [0.1, 0.15) is 5.82 Å². The van der Waals surface area contributed by atoms with Gasteiger partial charge in [-0.05, 0) is 48.9 Å². The minimum atomic E-state index is -3.89. The van der Waals surface area contributed by atoms with E-state index in [0.29, 0.717) is 16.7 Å². The fourth-order valence-corrected chi connectivity index (χ4v) is 3.58. The van der Waals surface area contributed by atoms with E-state index < -0.39 is 21.6 Å². The van der Waals surface area contributed by atoms with Crippen molar-refractivity contribution < 1.29 is 17.2 Å². The minimum Gasteiger partial charge on any atom is -0.408 e. The Balaban J connectivity index is 2.10. The van der Waals surface area contributed by atoms with E-state index in [4.69, 9.17) is 4.42 Å². The van der Waals surface area contributed by atoms with Crippen molar-refractivity contribution in [3.8, 4) is 0 Å². The summed E-state index contributed by atoms with van der Waals surface area (Å²) < 4.78 is 46.6. The number of oxazole rings is 1. The van der Waals surface area contributed by atoms with Crippen molar-refractivity contribution in [2.75, 3.05) is 4.72 Å². The van der Waals surface area contributed by atoms with Crippen LogP contribution in [0.3, 0.4) is 0 Å². The number of nitrogens with zero attached hydrogens (tertiary/aromatic N) is 1. The number of aromatic nitrogens is 1. The second-order valence-electron chi connectivity index (χ2n) is 5.12. The summed E-state index contributed by atoms with van der Waals surface area (Å²) in [7, 11) is -2.39. The molecule has 0 amide bonds. The van der Waals surface area contributed by atoms with Gasteiger partial charge >= 0.3 is 5.76 Å². The number of hydrogen-bond donors (Lipinski definition) is 1. The van der Waals surface area contributed by atoms with Gasteiger partial charge in [0.15, 0.2) is 5.58 Å². The van der Waals surface area contributed by atoms with Crippen molar-refractivity contribution in [2.24, 2.45) is 7.05 Å². The molecule has 0 unspecified atom stereocenters. The average molecular weight is 336 g/mol. The van der Waals surface area contributed by atoms with Crippen LogP contribution in [0.15, 0.2) is 50.5 Å². The zero-order valence-electron chi connectivity index (χ0n) is 12.3. The number of anilines is 1. The summed E-state index contributed by atoms with van der Waals surface area (Å²) in [6.45, 7) is 1.60. The molecular weight excluding hydrogens is 323 g/mol. The van der Waals surface area contributed by atoms with Gasteiger partial charge in [0, 0.05) is 12.7 Å². The first kappa shape index (κ1) is 15.3. The molecule has 0 aliphatic heterocycles. The van der Waals surface area contributed by atoms with Crippen LogP contribution in [0.2, 0.25) is 0 Å². The van der Waals surface area contributed by atoms with Gasteiger partial charge in [-0.3, -0.25) is 9.29 Å². The predicted molar refractivity (Wildman–Crippen MR) is 83.4 cm³/mol. The molecule has 0 bridgehead atoms. The number of fused-ring (bicyclic) bond motifs is 1. The normalized spacial score (nSPS) is 11.8. The van der Waals surface area contributed by atoms with Crippen LogP contribution in [0.25, 0.3) is 11.1 Å². The smallest absolute Gasteiger partial charge is 0.408 e. The van der Waals surface area contributed by atoms with Crippen LogP contribution < -0.4 is 10.5 Å². The molecule has 23 heavy (non-hydrogen) atoms. The number of hydrogen-bond acceptors (Lipinski definition) is 4. The molecule has 0 aliphatic rings. The van der Waals surface area contributed by atoms with Crippen molar-refractivity contribution >= 4 is 26.8 Å². The summed E-state index contributed by atoms with van der Waals surface area (Å²) in [5.41, 5.74) is 1.37. The Kier molecular flexibility index (Phi) is 3.48. The second-order valence-corrected chi connectivity index (χ2v) is 6.78. The average Bonchev–Trinajstić information content (AvgIpc) is 2.75. The van der Waals surface area contributed by atoms with Crippen molar-refractivity contribution in [2.45, 2.75) is 11.8 Å². The van der Waals surface area contributed by atoms with Crippen molar-refractivity contribution in [3.63, 3.8) is 0 Å². The van der Waals surface area contributed by atoms with E-state index >= 15 is 0 Å². The molecule has 3 rings (SSSR count). The van der Waals surface area contributed by atoms with Gasteiger partial charge in [-0.15, -0.1) is 0 Å². The van der Waals surface area contributed by atoms with Crippen LogP contribution in [-0.4, -0.2) is 13.0 Å². The van der Waals surface area contributed by atoms with Crippen LogP contribution >= 0.6 is 0 Å². The summed E-state index contributed by atoms with van der Waals surface area (Å²) >= 11 is 0. The van der Waals surface area contributed by atoms with E-state index in [-0.39, 0.29) is 10.6 Å². The number of benzene rings is 2. The highest BCUT2D eigenvalue weighted by molar-refractivity contribution is 7.92. The second kappa shape index (κ2) is 5.24. The molecule has 2 aromatic carbocycles. The minimum absolute atomic E-state index is 0.0192. The molecule has 0 radical (unpaired) electrons. The van der Waals surface area contributed by atoms with Crippen LogP contribution in [0.4, 0.5) is 10.1 Å². The maximum Gasteiger partial charge on any atom is 0.419 e. The predicted octanol–water partition coefficient (Wildman–Crippen LogP) is 2.38. The molecule has 6 nitrogen and oxygen atoms in total. The Labute approximate surface area is 131 Å². The third-order valence-electron chi connectivity index (χ3n) is 3.47. The lowest BCUT2D eigenvalue weighted by atomic mass is 10.2. The number of aryl methyl sites for hydroxylation is 2. The zero-order valence-corrected chi connectivity index (χ0v) is 13.1. The van der Waals surface area contributed by atoms with E-state index in [1.807, 2.05) is 0 Å². The van der Waals surface area contributed by atoms with E-state index in [9.17, 15) is 17.6 Å². The Bertz CT molecular complexity index is 1050. The summed E-state index contributed by atoms with van der Waals surface area (Å²) in [5, 5.41) is 0. The Morgan fingerprint density at radius 1 is 1.17 bits per heavy atom. The van der Waals surface area contributed by atoms with Gasteiger partial charge in [0.25, 0.3) is 10.0 Å². The van der Waals surface area contributed by atoms with Crippen LogP contribution in [0, 0.1) is 12.7 Å². The molecule has 3 aromatic rings. The lowest BCUT2D eigenvalue weighted by Crippen LogP contribution is -2.14. The highest BCUT2D eigenvalue weighted by atomic mass is 32.2. The number of rotatable bonds is 3. The molecule has 0 saturated heterocycles. The first-order valence-electron chi connectivity index (χ1n) is 6.66. The molecule has 1 heterocycles. The van der Waals surface area contributed by atoms with Gasteiger partial charge < -0.3 is 4.42 Å². The van der Waals surface area contributed by atoms with Crippen molar-refractivity contribution in [3.05, 3.63) is 58.3 Å². The van der Waals surface area contributed by atoms with Gasteiger partial charge in [-0.25, -0.2) is 17.6 Å². The molecule has 0 spiro atoms. The van der Waals surface area contributed by atoms with Crippen LogP contribution in [0.5, 0.6) is 0 Å². The third-order valence-corrected chi connectivity index (χ3v) is 5.00. The van der Waals surface area contributed by atoms with Crippen LogP contribution in [-0.2, 0) is 17.1 Å². The molecule has 8 heteroatoms. The highest BCUT2D eigenvalue weighted by Crippen LogP contribution is 2.24. The maximum atomic E-state index is 12.9. The Hall–Kier alpha value is -2.61. The lowest BCUT2D eigenvalue weighted by molar-refractivity contribution is 0.528. The Morgan fingerprint density at radius 3 is 2.48 bits per heavy atom. The van der Waals surface area contributed by atoms with Gasteiger partial charge in [-0.2, -0.15) is 0 Å². The summed E-state index contributed by atoms with van der Waals surface area (Å²) in [6, 6.07) is 7.85. The zero-order chi connectivity index (χ0) is 16.8. The molecule has 120 valence electrons. The molecule has 0 aliphatic carbocycles. The quantitative estimate of drug-likeness (QED) is 0.796. The molecular formula is C15H13FN2O4S. The van der Waals surface area contributed by atoms with E-state index in [2.05, 4.69) is 4.72 Å². The lowest BCUT2D eigenvalue weighted by Gasteiger charge is -2.10. The van der Waals surface area contributed by atoms with Crippen LogP contribution in [0.1, 0.15) is 5.56 Å². The number of halogens is 1. The molecule has 1 N–H and O–H groups in total. The van der Waals surface area contributed by atoms with Gasteiger partial charge in [0.05, 0.1) is 10.4 Å². The summed E-state index contributed by atoms with van der Waals surface area (Å²) in [4.78, 5) is 11.5. The van der Waals surface area contributed by atoms with Gasteiger partial charge in [0.2, 0.25) is 0 Å². The summed E-state index contributed by atoms with van der Waals surface area (Å²) in [5.74, 6) is -1.03. The van der Waals surface area contributed by atoms with E-state index in [0.717, 1.165) is 12.1 Å². The molecule has 0 fully saturated rings. The topological polar surface area (TPSA) is 81.3 Å². The van der Waals surface area contributed by atoms with E-state index in [1.54, 1.807) is 6.92 Å². The molecule has 0 saturated carbocycles. The largest absolute Gasteiger partial charge is 0.419 e. The number of nitrogens with one attached hydrogen (secondary N) is 1. The first-order chi connectivity index (χ1) is 10.8. The molecule has 1 aromatic heterocycles. The third kappa shape index (κ3) is 2.72. The number of sulfonamides is 1. The highest BCUT2D eigenvalue weighted by Gasteiger charge is 2.20. The monoisotopic (exact) mass is 336 g/mol. The molecule has 0 atom stereocenters.